The molecule has 4 nitrogen and oxygen atoms in total. The minimum atomic E-state index is 0.0968. The topological polar surface area (TPSA) is 35.6 Å². The zero-order valence-electron chi connectivity index (χ0n) is 14.3. The van der Waals surface area contributed by atoms with Crippen LogP contribution < -0.4 is 5.32 Å². The average molecular weight is 364 g/mol. The molecule has 0 aliphatic carbocycles. The van der Waals surface area contributed by atoms with Crippen LogP contribution >= 0.6 is 22.7 Å². The maximum Gasteiger partial charge on any atom is 0.225 e. The third-order valence-electron chi connectivity index (χ3n) is 4.54. The maximum atomic E-state index is 12.4. The quantitative estimate of drug-likeness (QED) is 0.857. The van der Waals surface area contributed by atoms with Gasteiger partial charge in [-0.05, 0) is 36.9 Å². The number of carbonyl (C=O) groups is 1. The number of likely N-dealkylation sites (N-methyl/N-ethyl adjacent to an activating group) is 1. The van der Waals surface area contributed by atoms with Crippen molar-refractivity contribution in [1.29, 1.82) is 0 Å². The van der Waals surface area contributed by atoms with Gasteiger partial charge >= 0.3 is 0 Å². The second-order valence-corrected chi connectivity index (χ2v) is 8.42. The highest BCUT2D eigenvalue weighted by Crippen LogP contribution is 2.29. The van der Waals surface area contributed by atoms with Crippen LogP contribution in [0.15, 0.2) is 35.0 Å². The molecule has 6 heteroatoms. The van der Waals surface area contributed by atoms with Gasteiger partial charge in [0, 0.05) is 42.0 Å². The molecular formula is C18H25N3OS2. The monoisotopic (exact) mass is 363 g/mol. The van der Waals surface area contributed by atoms with Gasteiger partial charge in [-0.25, -0.2) is 0 Å². The van der Waals surface area contributed by atoms with E-state index in [2.05, 4.69) is 46.6 Å². The molecule has 2 unspecified atom stereocenters. The highest BCUT2D eigenvalue weighted by Gasteiger charge is 2.30. The van der Waals surface area contributed by atoms with Crippen LogP contribution in [0.25, 0.3) is 0 Å². The zero-order valence-corrected chi connectivity index (χ0v) is 15.9. The van der Waals surface area contributed by atoms with Gasteiger partial charge in [-0.2, -0.15) is 0 Å². The molecule has 3 rings (SSSR count). The van der Waals surface area contributed by atoms with Gasteiger partial charge < -0.3 is 10.2 Å². The summed E-state index contributed by atoms with van der Waals surface area (Å²) in [6.07, 6.45) is 0.474. The number of nitrogens with zero attached hydrogens (tertiary/aromatic N) is 2. The van der Waals surface area contributed by atoms with Crippen molar-refractivity contribution in [3.8, 4) is 0 Å². The van der Waals surface area contributed by atoms with E-state index in [4.69, 9.17) is 0 Å². The number of hydrogen-bond acceptors (Lipinski definition) is 5. The van der Waals surface area contributed by atoms with Gasteiger partial charge in [-0.15, -0.1) is 22.7 Å². The molecule has 1 amide bonds. The number of carbonyl (C=O) groups excluding carboxylic acids is 1. The van der Waals surface area contributed by atoms with Gasteiger partial charge in [-0.1, -0.05) is 12.1 Å². The first kappa shape index (κ1) is 17.6. The van der Waals surface area contributed by atoms with E-state index in [0.717, 1.165) is 31.1 Å². The van der Waals surface area contributed by atoms with Crippen LogP contribution in [0.4, 0.5) is 0 Å². The van der Waals surface area contributed by atoms with Crippen molar-refractivity contribution < 1.29 is 4.79 Å². The van der Waals surface area contributed by atoms with Crippen molar-refractivity contribution >= 4 is 28.6 Å². The molecule has 1 saturated heterocycles. The van der Waals surface area contributed by atoms with Crippen LogP contribution in [0.5, 0.6) is 0 Å². The molecule has 0 spiro atoms. The molecule has 130 valence electrons. The van der Waals surface area contributed by atoms with E-state index in [1.807, 2.05) is 17.5 Å². The molecule has 0 radical (unpaired) electrons. The summed E-state index contributed by atoms with van der Waals surface area (Å²) in [6, 6.07) is 8.66. The summed E-state index contributed by atoms with van der Waals surface area (Å²) >= 11 is 3.42. The van der Waals surface area contributed by atoms with Crippen molar-refractivity contribution in [3.05, 3.63) is 44.8 Å². The lowest BCUT2D eigenvalue weighted by atomic mass is 10.0. The van der Waals surface area contributed by atoms with E-state index in [1.165, 1.54) is 4.88 Å². The summed E-state index contributed by atoms with van der Waals surface area (Å²) in [5, 5.41) is 7.38. The van der Waals surface area contributed by atoms with E-state index in [1.54, 1.807) is 22.7 Å². The summed E-state index contributed by atoms with van der Waals surface area (Å²) in [5.74, 6) is 0.112. The molecule has 0 saturated carbocycles. The van der Waals surface area contributed by atoms with Crippen molar-refractivity contribution in [1.82, 2.24) is 15.1 Å². The molecule has 0 aromatic carbocycles. The van der Waals surface area contributed by atoms with E-state index < -0.39 is 0 Å². The first-order valence-electron chi connectivity index (χ1n) is 8.41. The van der Waals surface area contributed by atoms with E-state index in [0.29, 0.717) is 6.42 Å². The highest BCUT2D eigenvalue weighted by atomic mass is 32.1. The summed E-state index contributed by atoms with van der Waals surface area (Å²) in [4.78, 5) is 19.7. The summed E-state index contributed by atoms with van der Waals surface area (Å²) in [7, 11) is 2.17. The van der Waals surface area contributed by atoms with Crippen molar-refractivity contribution in [2.24, 2.45) is 0 Å². The zero-order chi connectivity index (χ0) is 16.9. The minimum Gasteiger partial charge on any atom is -0.351 e. The van der Waals surface area contributed by atoms with Crippen LogP contribution in [0.2, 0.25) is 0 Å². The fourth-order valence-electron chi connectivity index (χ4n) is 3.26. The van der Waals surface area contributed by atoms with Crippen molar-refractivity contribution in [2.75, 3.05) is 33.2 Å². The lowest BCUT2D eigenvalue weighted by molar-refractivity contribution is -0.121. The van der Waals surface area contributed by atoms with Gasteiger partial charge in [0.05, 0.1) is 12.5 Å². The number of amides is 1. The van der Waals surface area contributed by atoms with Crippen LogP contribution in [0, 0.1) is 0 Å². The predicted octanol–water partition coefficient (Wildman–Crippen LogP) is 2.85. The fraction of sp³-hybridized carbons (Fsp3) is 0.500. The van der Waals surface area contributed by atoms with Crippen molar-refractivity contribution in [2.45, 2.75) is 25.4 Å². The average Bonchev–Trinajstić information content (AvgIpc) is 3.23. The Morgan fingerprint density at radius 2 is 1.88 bits per heavy atom. The summed E-state index contributed by atoms with van der Waals surface area (Å²) < 4.78 is 0. The van der Waals surface area contributed by atoms with E-state index in [-0.39, 0.29) is 18.0 Å². The van der Waals surface area contributed by atoms with Gasteiger partial charge in [0.15, 0.2) is 0 Å². The number of piperazine rings is 1. The fourth-order valence-corrected chi connectivity index (χ4v) is 4.93. The van der Waals surface area contributed by atoms with Gasteiger partial charge in [0.25, 0.3) is 0 Å². The lowest BCUT2D eigenvalue weighted by Gasteiger charge is -2.40. The molecule has 2 atom stereocenters. The van der Waals surface area contributed by atoms with Gasteiger partial charge in [0.2, 0.25) is 5.91 Å². The number of thiophene rings is 2. The van der Waals surface area contributed by atoms with Crippen LogP contribution in [-0.4, -0.2) is 55.0 Å². The molecule has 1 aliphatic rings. The third kappa shape index (κ3) is 4.45. The second-order valence-electron chi connectivity index (χ2n) is 6.41. The summed E-state index contributed by atoms with van der Waals surface area (Å²) in [6.45, 7) is 6.39. The molecule has 0 bridgehead atoms. The SMILES string of the molecule is CC(NC(=O)Cc1cccs1)C(c1cccs1)N1CCN(C)CC1. The third-order valence-corrected chi connectivity index (χ3v) is 6.36. The summed E-state index contributed by atoms with van der Waals surface area (Å²) in [5.41, 5.74) is 0. The normalized spacial score (nSPS) is 19.1. The molecule has 2 aromatic rings. The molecule has 1 fully saturated rings. The Kier molecular flexibility index (Phi) is 6.05. The Morgan fingerprint density at radius 3 is 2.50 bits per heavy atom. The maximum absolute atomic E-state index is 12.4. The Balaban J connectivity index is 1.67. The number of nitrogens with one attached hydrogen (secondary N) is 1. The van der Waals surface area contributed by atoms with Gasteiger partial charge in [-0.3, -0.25) is 9.69 Å². The molecule has 1 N–H and O–H groups in total. The van der Waals surface area contributed by atoms with Crippen LogP contribution in [0.3, 0.4) is 0 Å². The lowest BCUT2D eigenvalue weighted by Crippen LogP contribution is -2.51. The number of hydrogen-bond donors (Lipinski definition) is 1. The molecule has 3 heterocycles. The molecule has 2 aromatic heterocycles. The Bertz CT molecular complexity index is 619. The molecule has 24 heavy (non-hydrogen) atoms. The smallest absolute Gasteiger partial charge is 0.225 e. The predicted molar refractivity (Wildman–Crippen MR) is 102 cm³/mol. The first-order valence-corrected chi connectivity index (χ1v) is 10.2. The van der Waals surface area contributed by atoms with Crippen LogP contribution in [-0.2, 0) is 11.2 Å². The van der Waals surface area contributed by atoms with E-state index in [9.17, 15) is 4.79 Å². The van der Waals surface area contributed by atoms with Gasteiger partial charge in [0.1, 0.15) is 0 Å². The largest absolute Gasteiger partial charge is 0.351 e. The Hall–Kier alpha value is -1.21. The van der Waals surface area contributed by atoms with E-state index >= 15 is 0 Å². The highest BCUT2D eigenvalue weighted by molar-refractivity contribution is 7.10. The molecular weight excluding hydrogens is 338 g/mol. The van der Waals surface area contributed by atoms with Crippen LogP contribution in [0.1, 0.15) is 22.7 Å². The Morgan fingerprint density at radius 1 is 1.17 bits per heavy atom. The van der Waals surface area contributed by atoms with Crippen molar-refractivity contribution in [3.63, 3.8) is 0 Å². The first-order chi connectivity index (χ1) is 11.6. The standard InChI is InChI=1S/C18H25N3OS2/c1-14(19-17(22)13-15-5-3-11-23-15)18(16-6-4-12-24-16)21-9-7-20(2)8-10-21/h3-6,11-12,14,18H,7-10,13H2,1-2H3,(H,19,22). The molecule has 1 aliphatic heterocycles. The Labute approximate surface area is 152 Å². The minimum absolute atomic E-state index is 0.0968. The number of rotatable bonds is 6. The second kappa shape index (κ2) is 8.25.